The molecule has 5 unspecified atom stereocenters. The van der Waals surface area contributed by atoms with Crippen molar-refractivity contribution in [3.63, 3.8) is 0 Å². The number of allylic oxidation sites excluding steroid dienone is 1. The monoisotopic (exact) mass is 540 g/mol. The summed E-state index contributed by atoms with van der Waals surface area (Å²) in [5.74, 6) is -2.95. The van der Waals surface area contributed by atoms with Gasteiger partial charge in [-0.05, 0) is 31.1 Å². The lowest BCUT2D eigenvalue weighted by atomic mass is 9.53. The Balaban J connectivity index is 2.04. The SMILES string of the molecule is C=CC[N+](C)(C=C1C(=O)OC(COC)C2(C)C1=C(O)C(=O)C1=C2C(OC(C)=O)CC2(C)C(=O)CCC12)CC=C. The van der Waals surface area contributed by atoms with Crippen LogP contribution in [0.15, 0.2) is 59.6 Å². The van der Waals surface area contributed by atoms with Gasteiger partial charge in [-0.25, -0.2) is 4.79 Å². The quantitative estimate of drug-likeness (QED) is 0.216. The van der Waals surface area contributed by atoms with Gasteiger partial charge in [0.1, 0.15) is 42.9 Å². The number of fused-ring (bicyclic) bond motifs is 4. The number of Topliss-reactive ketones (excluding diaryl/α,β-unsaturated/α-hetero) is 2. The van der Waals surface area contributed by atoms with E-state index in [4.69, 9.17) is 14.2 Å². The Hall–Kier alpha value is -3.30. The van der Waals surface area contributed by atoms with Gasteiger partial charge in [0.2, 0.25) is 5.78 Å². The lowest BCUT2D eigenvalue weighted by molar-refractivity contribution is -0.847. The third-order valence-corrected chi connectivity index (χ3v) is 8.95. The number of hydrogen-bond acceptors (Lipinski definition) is 8. The summed E-state index contributed by atoms with van der Waals surface area (Å²) < 4.78 is 17.4. The van der Waals surface area contributed by atoms with Gasteiger partial charge >= 0.3 is 11.9 Å². The fourth-order valence-corrected chi connectivity index (χ4v) is 7.16. The summed E-state index contributed by atoms with van der Waals surface area (Å²) in [6.07, 6.45) is 4.13. The second kappa shape index (κ2) is 10.0. The van der Waals surface area contributed by atoms with Crippen molar-refractivity contribution in [3.05, 3.63) is 59.6 Å². The van der Waals surface area contributed by atoms with Gasteiger partial charge in [0, 0.05) is 49.4 Å². The number of ketones is 2. The number of aliphatic hydroxyl groups is 1. The number of carbonyl (C=O) groups is 4. The van der Waals surface area contributed by atoms with Crippen LogP contribution in [0.2, 0.25) is 0 Å². The molecule has 1 heterocycles. The average molecular weight is 541 g/mol. The van der Waals surface area contributed by atoms with E-state index in [9.17, 15) is 24.3 Å². The lowest BCUT2D eigenvalue weighted by Crippen LogP contribution is -2.57. The van der Waals surface area contributed by atoms with Crippen LogP contribution in [0.4, 0.5) is 0 Å². The van der Waals surface area contributed by atoms with Crippen LogP contribution in [0.25, 0.3) is 0 Å². The highest BCUT2D eigenvalue weighted by atomic mass is 16.6. The molecule has 5 atom stereocenters. The smallest absolute Gasteiger partial charge is 0.344 e. The standard InChI is InChI=1S/C30H37NO8/c1-8-12-31(6,13-9-2)15-18-24-27(35)26(34)23-19-10-11-21(33)29(19,4)14-20(38-17(3)32)25(23)30(24,5)22(16-37-7)39-28(18)36/h8-9,15,19-20,22H,1-2,10-14,16H2,3-7H3/p+1. The van der Waals surface area contributed by atoms with E-state index in [2.05, 4.69) is 13.2 Å². The maximum absolute atomic E-state index is 14.0. The van der Waals surface area contributed by atoms with E-state index in [0.29, 0.717) is 25.1 Å². The lowest BCUT2D eigenvalue weighted by Gasteiger charge is -2.53. The van der Waals surface area contributed by atoms with Crippen LogP contribution in [-0.2, 0) is 33.4 Å². The van der Waals surface area contributed by atoms with Crippen molar-refractivity contribution in [2.75, 3.05) is 33.9 Å². The Bertz CT molecular complexity index is 1250. The number of rotatable bonds is 8. The number of nitrogens with zero attached hydrogens (tertiary/aromatic N) is 1. The van der Waals surface area contributed by atoms with Crippen molar-refractivity contribution in [2.45, 2.75) is 52.2 Å². The summed E-state index contributed by atoms with van der Waals surface area (Å²) >= 11 is 0. The summed E-state index contributed by atoms with van der Waals surface area (Å²) in [7, 11) is 3.33. The third-order valence-electron chi connectivity index (χ3n) is 8.95. The summed E-state index contributed by atoms with van der Waals surface area (Å²) in [5.41, 5.74) is -1.29. The maximum atomic E-state index is 14.0. The summed E-state index contributed by atoms with van der Waals surface area (Å²) in [6, 6.07) is 0. The zero-order valence-corrected chi connectivity index (χ0v) is 23.4. The maximum Gasteiger partial charge on any atom is 0.344 e. The van der Waals surface area contributed by atoms with Crippen molar-refractivity contribution in [1.82, 2.24) is 0 Å². The van der Waals surface area contributed by atoms with E-state index < -0.39 is 52.4 Å². The normalized spacial score (nSPS) is 33.4. The van der Waals surface area contributed by atoms with Crippen LogP contribution >= 0.6 is 0 Å². The molecule has 4 rings (SSSR count). The van der Waals surface area contributed by atoms with Crippen molar-refractivity contribution in [2.24, 2.45) is 16.7 Å². The molecule has 210 valence electrons. The number of cyclic esters (lactones) is 1. The van der Waals surface area contributed by atoms with Crippen LogP contribution < -0.4 is 0 Å². The zero-order chi connectivity index (χ0) is 28.9. The van der Waals surface area contributed by atoms with Gasteiger partial charge < -0.3 is 19.3 Å². The minimum atomic E-state index is -1.27. The van der Waals surface area contributed by atoms with Crippen LogP contribution in [0, 0.1) is 16.7 Å². The predicted molar refractivity (Wildman–Crippen MR) is 142 cm³/mol. The number of quaternary nitrogens is 1. The molecule has 0 spiro atoms. The Morgan fingerprint density at radius 1 is 1.21 bits per heavy atom. The number of aliphatic hydroxyl groups excluding tert-OH is 1. The molecule has 0 amide bonds. The highest BCUT2D eigenvalue weighted by Gasteiger charge is 2.64. The number of hydrogen-bond donors (Lipinski definition) is 1. The highest BCUT2D eigenvalue weighted by molar-refractivity contribution is 6.14. The second-order valence-corrected chi connectivity index (χ2v) is 11.6. The molecule has 1 saturated heterocycles. The van der Waals surface area contributed by atoms with E-state index in [1.54, 1.807) is 32.2 Å². The molecule has 0 radical (unpaired) electrons. The van der Waals surface area contributed by atoms with Gasteiger partial charge in [-0.15, -0.1) is 0 Å². The van der Waals surface area contributed by atoms with Gasteiger partial charge in [0.25, 0.3) is 0 Å². The highest BCUT2D eigenvalue weighted by Crippen LogP contribution is 2.62. The van der Waals surface area contributed by atoms with Gasteiger partial charge in [-0.3, -0.25) is 18.9 Å². The van der Waals surface area contributed by atoms with Crippen LogP contribution in [0.5, 0.6) is 0 Å². The van der Waals surface area contributed by atoms with Crippen LogP contribution in [0.3, 0.4) is 0 Å². The van der Waals surface area contributed by atoms with Gasteiger partial charge in [0.05, 0.1) is 19.1 Å². The number of carbonyl (C=O) groups excluding carboxylic acids is 4. The number of ether oxygens (including phenoxy) is 3. The minimum absolute atomic E-state index is 0.00515. The molecular formula is C30H38NO8+. The number of esters is 2. The summed E-state index contributed by atoms with van der Waals surface area (Å²) in [5, 5.41) is 11.6. The third kappa shape index (κ3) is 4.32. The molecule has 9 nitrogen and oxygen atoms in total. The Kier molecular flexibility index (Phi) is 7.38. The molecule has 9 heteroatoms. The molecule has 39 heavy (non-hydrogen) atoms. The topological polar surface area (TPSA) is 116 Å². The first-order valence-electron chi connectivity index (χ1n) is 13.2. The van der Waals surface area contributed by atoms with Crippen molar-refractivity contribution in [3.8, 4) is 0 Å². The van der Waals surface area contributed by atoms with E-state index >= 15 is 0 Å². The van der Waals surface area contributed by atoms with Crippen molar-refractivity contribution in [1.29, 1.82) is 0 Å². The number of methoxy groups -OCH3 is 1. The molecule has 1 aliphatic heterocycles. The fourth-order valence-electron chi connectivity index (χ4n) is 7.16. The molecule has 1 N–H and O–H groups in total. The Morgan fingerprint density at radius 3 is 2.41 bits per heavy atom. The molecule has 0 bridgehead atoms. The van der Waals surface area contributed by atoms with E-state index in [0.717, 1.165) is 0 Å². The van der Waals surface area contributed by atoms with Crippen LogP contribution in [0.1, 0.15) is 40.0 Å². The molecule has 0 aromatic heterocycles. The summed E-state index contributed by atoms with van der Waals surface area (Å²) in [4.78, 5) is 52.9. The first kappa shape index (κ1) is 28.7. The number of likely N-dealkylation sites (N-methyl/N-ethyl adjacent to an activating group) is 1. The molecule has 0 aromatic rings. The summed E-state index contributed by atoms with van der Waals surface area (Å²) in [6.45, 7) is 13.4. The minimum Gasteiger partial charge on any atom is -0.504 e. The van der Waals surface area contributed by atoms with Crippen molar-refractivity contribution >= 4 is 23.5 Å². The van der Waals surface area contributed by atoms with E-state index in [1.165, 1.54) is 14.0 Å². The second-order valence-electron chi connectivity index (χ2n) is 11.6. The molecule has 3 aliphatic carbocycles. The van der Waals surface area contributed by atoms with Gasteiger partial charge in [-0.2, -0.15) is 0 Å². The van der Waals surface area contributed by atoms with Crippen LogP contribution in [-0.4, -0.2) is 79.2 Å². The van der Waals surface area contributed by atoms with Crippen molar-refractivity contribution < 1.29 is 43.0 Å². The molecule has 1 saturated carbocycles. The Morgan fingerprint density at radius 2 is 1.85 bits per heavy atom. The predicted octanol–water partition coefficient (Wildman–Crippen LogP) is 3.28. The van der Waals surface area contributed by atoms with Gasteiger partial charge in [0.15, 0.2) is 5.76 Å². The largest absolute Gasteiger partial charge is 0.504 e. The first-order chi connectivity index (χ1) is 18.3. The van der Waals surface area contributed by atoms with Gasteiger partial charge in [-0.1, -0.05) is 20.1 Å². The van der Waals surface area contributed by atoms with E-state index in [1.807, 2.05) is 7.05 Å². The zero-order valence-electron chi connectivity index (χ0n) is 23.4. The molecular weight excluding hydrogens is 502 g/mol. The Labute approximate surface area is 229 Å². The molecule has 4 aliphatic rings. The fraction of sp³-hybridized carbons (Fsp3) is 0.533. The van der Waals surface area contributed by atoms with E-state index in [-0.39, 0.29) is 46.4 Å². The average Bonchev–Trinajstić information content (AvgIpc) is 3.14. The molecule has 2 fully saturated rings. The molecule has 0 aromatic carbocycles. The first-order valence-corrected chi connectivity index (χ1v) is 13.2.